The number of carbonyl (C=O) groups is 4. The fourth-order valence-corrected chi connectivity index (χ4v) is 5.95. The van der Waals surface area contributed by atoms with Crippen molar-refractivity contribution in [3.05, 3.63) is 138 Å². The second-order valence-corrected chi connectivity index (χ2v) is 11.9. The van der Waals surface area contributed by atoms with E-state index in [9.17, 15) is 19.2 Å². The fraction of sp³-hybridized carbons (Fsp3) is 0.222. The van der Waals surface area contributed by atoms with Gasteiger partial charge in [0.25, 0.3) is 0 Å². The molecule has 1 fully saturated rings. The summed E-state index contributed by atoms with van der Waals surface area (Å²) in [6.07, 6.45) is -5.24. The summed E-state index contributed by atoms with van der Waals surface area (Å²) in [7, 11) is 0. The molecule has 0 radical (unpaired) electrons. The van der Waals surface area contributed by atoms with Gasteiger partial charge < -0.3 is 23.7 Å². The summed E-state index contributed by atoms with van der Waals surface area (Å²) in [4.78, 5) is 53.5. The molecule has 0 bridgehead atoms. The number of hydrogen-bond acceptors (Lipinski definition) is 10. The maximum atomic E-state index is 13.6. The Labute approximate surface area is 281 Å². The second-order valence-electron chi connectivity index (χ2n) is 10.5. The van der Waals surface area contributed by atoms with Gasteiger partial charge in [-0.25, -0.2) is 14.4 Å². The lowest BCUT2D eigenvalue weighted by molar-refractivity contribution is -0.211. The molecular formula is C36H31ClO9S. The summed E-state index contributed by atoms with van der Waals surface area (Å²) in [5.41, 5.74) is 0.694. The molecule has 5 atom stereocenters. The number of aryl methyl sites for hydroxylation is 1. The van der Waals surface area contributed by atoms with Gasteiger partial charge in [-0.3, -0.25) is 4.79 Å². The number of thioether (sulfide) groups is 1. The SMILES string of the molecule is Cc1ccc(S[C@H]2O[C@H](COC(=O)CCl)[C@@H](OC(=O)c3ccccc3)[C@H](OC(=O)c3ccccc3)[C@@H]2OC(=O)c2ccccc2)cc1. The van der Waals surface area contributed by atoms with Gasteiger partial charge in [-0.05, 0) is 55.5 Å². The van der Waals surface area contributed by atoms with Crippen molar-refractivity contribution in [3.8, 4) is 0 Å². The minimum Gasteiger partial charge on any atom is -0.462 e. The van der Waals surface area contributed by atoms with Crippen molar-refractivity contribution < 1.29 is 42.9 Å². The largest absolute Gasteiger partial charge is 0.462 e. The second kappa shape index (κ2) is 16.3. The van der Waals surface area contributed by atoms with Crippen molar-refractivity contribution >= 4 is 47.2 Å². The average Bonchev–Trinajstić information content (AvgIpc) is 3.11. The molecule has 1 aliphatic heterocycles. The van der Waals surface area contributed by atoms with Crippen LogP contribution in [0.15, 0.2) is 120 Å². The Hall–Kier alpha value is -4.64. The number of halogens is 1. The molecule has 0 spiro atoms. The molecule has 4 aromatic carbocycles. The molecule has 0 unspecified atom stereocenters. The third kappa shape index (κ3) is 9.00. The Kier molecular flexibility index (Phi) is 11.7. The van der Waals surface area contributed by atoms with Gasteiger partial charge in [0.1, 0.15) is 24.0 Å². The summed E-state index contributed by atoms with van der Waals surface area (Å²) in [6.45, 7) is 1.55. The first kappa shape index (κ1) is 33.7. The Morgan fingerprint density at radius 3 is 1.55 bits per heavy atom. The van der Waals surface area contributed by atoms with Crippen molar-refractivity contribution in [3.63, 3.8) is 0 Å². The number of carbonyl (C=O) groups excluding carboxylic acids is 4. The van der Waals surface area contributed by atoms with Crippen LogP contribution in [-0.4, -0.2) is 66.2 Å². The zero-order chi connectivity index (χ0) is 33.2. The molecule has 11 heteroatoms. The molecule has 4 aromatic rings. The number of benzene rings is 4. The van der Waals surface area contributed by atoms with Crippen molar-refractivity contribution in [1.82, 2.24) is 0 Å². The van der Waals surface area contributed by atoms with Gasteiger partial charge in [0.05, 0.1) is 16.7 Å². The summed E-state index contributed by atoms with van der Waals surface area (Å²) in [6, 6.07) is 32.3. The number of alkyl halides is 1. The van der Waals surface area contributed by atoms with Crippen LogP contribution in [-0.2, 0) is 28.5 Å². The normalized spacial score (nSPS) is 20.4. The minimum atomic E-state index is -1.40. The molecule has 0 saturated carbocycles. The van der Waals surface area contributed by atoms with E-state index in [-0.39, 0.29) is 16.7 Å². The molecule has 1 heterocycles. The summed E-state index contributed by atoms with van der Waals surface area (Å²) in [5.74, 6) is -3.39. The van der Waals surface area contributed by atoms with Gasteiger partial charge >= 0.3 is 23.9 Å². The molecule has 0 amide bonds. The van der Waals surface area contributed by atoms with Crippen LogP contribution >= 0.6 is 23.4 Å². The number of ether oxygens (including phenoxy) is 5. The average molecular weight is 675 g/mol. The first-order valence-electron chi connectivity index (χ1n) is 14.7. The van der Waals surface area contributed by atoms with Gasteiger partial charge in [0, 0.05) is 4.90 Å². The van der Waals surface area contributed by atoms with Crippen LogP contribution in [0, 0.1) is 6.92 Å². The van der Waals surface area contributed by atoms with E-state index in [0.717, 1.165) is 10.5 Å². The van der Waals surface area contributed by atoms with Gasteiger partial charge in [-0.1, -0.05) is 84.1 Å². The summed E-state index contributed by atoms with van der Waals surface area (Å²) in [5, 5.41) is 0. The maximum absolute atomic E-state index is 13.6. The van der Waals surface area contributed by atoms with Crippen LogP contribution in [0.4, 0.5) is 0 Å². The van der Waals surface area contributed by atoms with Gasteiger partial charge in [-0.2, -0.15) is 0 Å². The van der Waals surface area contributed by atoms with E-state index in [4.69, 9.17) is 35.3 Å². The predicted molar refractivity (Wildman–Crippen MR) is 174 cm³/mol. The highest BCUT2D eigenvalue weighted by atomic mass is 35.5. The van der Waals surface area contributed by atoms with E-state index in [2.05, 4.69) is 0 Å². The van der Waals surface area contributed by atoms with Crippen molar-refractivity contribution in [2.45, 2.75) is 41.7 Å². The standard InChI is InChI=1S/C36H31ClO9S/c1-23-17-19-27(20-18-23)47-36-32(46-35(41)26-15-9-4-10-16-26)31(45-34(40)25-13-7-3-8-14-25)30(28(43-36)22-42-29(38)21-37)44-33(39)24-11-5-2-6-12-24/h2-20,28,30-32,36H,21-22H2,1H3/t28-,30-,31+,32+,36-/m1/s1. The van der Waals surface area contributed by atoms with Crippen LogP contribution in [0.3, 0.4) is 0 Å². The van der Waals surface area contributed by atoms with Gasteiger partial charge in [-0.15, -0.1) is 11.6 Å². The lowest BCUT2D eigenvalue weighted by Gasteiger charge is -2.44. The summed E-state index contributed by atoms with van der Waals surface area (Å²) >= 11 is 6.90. The van der Waals surface area contributed by atoms with E-state index in [0.29, 0.717) is 0 Å². The molecule has 0 aromatic heterocycles. The van der Waals surface area contributed by atoms with Crippen LogP contribution in [0.25, 0.3) is 0 Å². The van der Waals surface area contributed by atoms with Crippen molar-refractivity contribution in [1.29, 1.82) is 0 Å². The fourth-order valence-electron chi connectivity index (χ4n) is 4.77. The van der Waals surface area contributed by atoms with E-state index >= 15 is 0 Å². The Morgan fingerprint density at radius 1 is 0.638 bits per heavy atom. The van der Waals surface area contributed by atoms with E-state index < -0.39 is 66.2 Å². The quantitative estimate of drug-likeness (QED) is 0.102. The van der Waals surface area contributed by atoms with Gasteiger partial charge in [0.2, 0.25) is 0 Å². The first-order chi connectivity index (χ1) is 22.8. The third-order valence-electron chi connectivity index (χ3n) is 7.14. The van der Waals surface area contributed by atoms with Gasteiger partial charge in [0.15, 0.2) is 18.3 Å². The Bertz CT molecular complexity index is 1650. The van der Waals surface area contributed by atoms with Crippen LogP contribution in [0.5, 0.6) is 0 Å². The number of hydrogen-bond donors (Lipinski definition) is 0. The van der Waals surface area contributed by atoms with Crippen LogP contribution < -0.4 is 0 Å². The molecule has 1 saturated heterocycles. The predicted octanol–water partition coefficient (Wildman–Crippen LogP) is 6.27. The topological polar surface area (TPSA) is 114 Å². The zero-order valence-electron chi connectivity index (χ0n) is 25.2. The molecule has 0 N–H and O–H groups in total. The van der Waals surface area contributed by atoms with E-state index in [1.165, 1.54) is 11.8 Å². The highest BCUT2D eigenvalue weighted by Gasteiger charge is 2.53. The smallest absolute Gasteiger partial charge is 0.338 e. The lowest BCUT2D eigenvalue weighted by atomic mass is 9.98. The van der Waals surface area contributed by atoms with E-state index in [1.54, 1.807) is 91.0 Å². The third-order valence-corrected chi connectivity index (χ3v) is 8.51. The van der Waals surface area contributed by atoms with Crippen molar-refractivity contribution in [2.24, 2.45) is 0 Å². The molecule has 9 nitrogen and oxygen atoms in total. The van der Waals surface area contributed by atoms with E-state index in [1.807, 2.05) is 31.2 Å². The monoisotopic (exact) mass is 674 g/mol. The summed E-state index contributed by atoms with van der Waals surface area (Å²) < 4.78 is 29.9. The molecule has 47 heavy (non-hydrogen) atoms. The minimum absolute atomic E-state index is 0.214. The Morgan fingerprint density at radius 2 is 1.09 bits per heavy atom. The first-order valence-corrected chi connectivity index (χ1v) is 16.1. The molecule has 5 rings (SSSR count). The maximum Gasteiger partial charge on any atom is 0.338 e. The molecule has 0 aliphatic carbocycles. The van der Waals surface area contributed by atoms with Crippen LogP contribution in [0.2, 0.25) is 0 Å². The zero-order valence-corrected chi connectivity index (χ0v) is 26.8. The van der Waals surface area contributed by atoms with Crippen LogP contribution in [0.1, 0.15) is 36.6 Å². The Balaban J connectivity index is 1.58. The molecular weight excluding hydrogens is 644 g/mol. The number of rotatable bonds is 11. The highest BCUT2D eigenvalue weighted by molar-refractivity contribution is 7.99. The highest BCUT2D eigenvalue weighted by Crippen LogP contribution is 2.38. The molecule has 1 aliphatic rings. The lowest BCUT2D eigenvalue weighted by Crippen LogP contribution is -2.61. The van der Waals surface area contributed by atoms with Crippen molar-refractivity contribution in [2.75, 3.05) is 12.5 Å². The molecule has 242 valence electrons. The number of esters is 4.